The molecule has 0 N–H and O–H groups in total. The molecule has 35 heavy (non-hydrogen) atoms. The Bertz CT molecular complexity index is 1320. The molecule has 1 saturated heterocycles. The number of hydrogen-bond acceptors (Lipinski definition) is 3. The molecule has 6 nitrogen and oxygen atoms in total. The van der Waals surface area contributed by atoms with E-state index in [-0.39, 0.29) is 17.7 Å². The summed E-state index contributed by atoms with van der Waals surface area (Å²) in [5.74, 6) is 0.126. The second kappa shape index (κ2) is 10.1. The molecule has 6 heteroatoms. The lowest BCUT2D eigenvalue weighted by molar-refractivity contribution is -0.136. The summed E-state index contributed by atoms with van der Waals surface area (Å²) in [5, 5.41) is 6.49. The number of fused-ring (bicyclic) bond motifs is 1. The number of benzene rings is 3. The zero-order valence-corrected chi connectivity index (χ0v) is 20.0. The van der Waals surface area contributed by atoms with Crippen LogP contribution in [-0.4, -0.2) is 51.5 Å². The van der Waals surface area contributed by atoms with Crippen LogP contribution in [0.2, 0.25) is 0 Å². The van der Waals surface area contributed by atoms with Crippen molar-refractivity contribution in [2.75, 3.05) is 20.1 Å². The second-order valence-corrected chi connectivity index (χ2v) is 9.32. The van der Waals surface area contributed by atoms with Crippen molar-refractivity contribution >= 4 is 22.6 Å². The fraction of sp³-hybridized carbons (Fsp3) is 0.276. The topological polar surface area (TPSA) is 58.4 Å². The number of likely N-dealkylation sites (tertiary alicyclic amines) is 1. The van der Waals surface area contributed by atoms with Gasteiger partial charge in [0.2, 0.25) is 5.91 Å². The largest absolute Gasteiger partial charge is 0.341 e. The van der Waals surface area contributed by atoms with Crippen LogP contribution in [0.4, 0.5) is 0 Å². The molecule has 1 aliphatic heterocycles. The van der Waals surface area contributed by atoms with E-state index in [4.69, 9.17) is 0 Å². The van der Waals surface area contributed by atoms with Crippen LogP contribution in [0.1, 0.15) is 34.3 Å². The lowest BCUT2D eigenvalue weighted by atomic mass is 9.94. The van der Waals surface area contributed by atoms with E-state index in [1.807, 2.05) is 89.7 Å². The molecule has 5 rings (SSSR count). The zero-order valence-electron chi connectivity index (χ0n) is 20.0. The van der Waals surface area contributed by atoms with Crippen LogP contribution in [0.5, 0.6) is 0 Å². The minimum absolute atomic E-state index is 0.0480. The first-order chi connectivity index (χ1) is 17.1. The van der Waals surface area contributed by atoms with Crippen LogP contribution in [0.25, 0.3) is 10.8 Å². The molecule has 2 amide bonds. The summed E-state index contributed by atoms with van der Waals surface area (Å²) in [4.78, 5) is 30.0. The van der Waals surface area contributed by atoms with Gasteiger partial charge in [0.25, 0.3) is 5.91 Å². The highest BCUT2D eigenvalue weighted by molar-refractivity contribution is 6.07. The number of carbonyl (C=O) groups is 2. The molecular formula is C29H30N4O2. The Labute approximate surface area is 205 Å². The summed E-state index contributed by atoms with van der Waals surface area (Å²) in [7, 11) is 1.85. The molecule has 0 bridgehead atoms. The zero-order chi connectivity index (χ0) is 24.2. The third kappa shape index (κ3) is 5.11. The van der Waals surface area contributed by atoms with Gasteiger partial charge in [-0.2, -0.15) is 5.10 Å². The first-order valence-corrected chi connectivity index (χ1v) is 12.2. The van der Waals surface area contributed by atoms with Crippen LogP contribution in [0.3, 0.4) is 0 Å². The molecule has 0 atom stereocenters. The summed E-state index contributed by atoms with van der Waals surface area (Å²) < 4.78 is 1.90. The van der Waals surface area contributed by atoms with E-state index in [1.165, 1.54) is 5.56 Å². The van der Waals surface area contributed by atoms with Gasteiger partial charge < -0.3 is 9.80 Å². The maximum absolute atomic E-state index is 13.2. The predicted octanol–water partition coefficient (Wildman–Crippen LogP) is 4.60. The number of nitrogens with zero attached hydrogens (tertiary/aromatic N) is 4. The van der Waals surface area contributed by atoms with Gasteiger partial charge in [-0.3, -0.25) is 14.3 Å². The molecule has 0 unspecified atom stereocenters. The highest BCUT2D eigenvalue weighted by atomic mass is 16.2. The molecule has 0 aliphatic carbocycles. The van der Waals surface area contributed by atoms with Gasteiger partial charge in [0.1, 0.15) is 0 Å². The smallest absolute Gasteiger partial charge is 0.254 e. The molecule has 1 aromatic heterocycles. The Morgan fingerprint density at radius 3 is 2.43 bits per heavy atom. The van der Waals surface area contributed by atoms with Gasteiger partial charge in [0.05, 0.1) is 12.7 Å². The van der Waals surface area contributed by atoms with Crippen molar-refractivity contribution in [2.24, 2.45) is 5.92 Å². The Balaban J connectivity index is 1.16. The van der Waals surface area contributed by atoms with Gasteiger partial charge >= 0.3 is 0 Å². The minimum Gasteiger partial charge on any atom is -0.341 e. The van der Waals surface area contributed by atoms with Crippen LogP contribution >= 0.6 is 0 Å². The molecule has 4 aromatic rings. The molecule has 1 fully saturated rings. The number of piperidine rings is 1. The molecule has 178 valence electrons. The van der Waals surface area contributed by atoms with Crippen LogP contribution in [-0.2, 0) is 17.9 Å². The van der Waals surface area contributed by atoms with Crippen molar-refractivity contribution in [3.05, 3.63) is 102 Å². The fourth-order valence-corrected chi connectivity index (χ4v) is 4.92. The number of rotatable bonds is 6. The number of hydrogen-bond donors (Lipinski definition) is 0. The number of aromatic nitrogens is 2. The Morgan fingerprint density at radius 2 is 1.63 bits per heavy atom. The van der Waals surface area contributed by atoms with E-state index >= 15 is 0 Å². The monoisotopic (exact) mass is 466 g/mol. The minimum atomic E-state index is -0.0593. The van der Waals surface area contributed by atoms with Gasteiger partial charge in [-0.25, -0.2) is 0 Å². The van der Waals surface area contributed by atoms with Crippen molar-refractivity contribution in [1.29, 1.82) is 0 Å². The predicted molar refractivity (Wildman–Crippen MR) is 137 cm³/mol. The molecule has 0 radical (unpaired) electrons. The average molecular weight is 467 g/mol. The Hall–Kier alpha value is -3.93. The molecule has 2 heterocycles. The molecular weight excluding hydrogens is 436 g/mol. The molecule has 0 saturated carbocycles. The fourth-order valence-electron chi connectivity index (χ4n) is 4.92. The van der Waals surface area contributed by atoms with Gasteiger partial charge in [0.15, 0.2) is 0 Å². The molecule has 0 spiro atoms. The van der Waals surface area contributed by atoms with E-state index in [9.17, 15) is 9.59 Å². The van der Waals surface area contributed by atoms with E-state index < -0.39 is 0 Å². The van der Waals surface area contributed by atoms with E-state index in [2.05, 4.69) is 17.2 Å². The first kappa shape index (κ1) is 22.8. The normalized spacial score (nSPS) is 14.3. The van der Waals surface area contributed by atoms with E-state index in [0.29, 0.717) is 39.0 Å². The van der Waals surface area contributed by atoms with Gasteiger partial charge in [-0.15, -0.1) is 0 Å². The summed E-state index contributed by atoms with van der Waals surface area (Å²) in [5.41, 5.74) is 2.94. The highest BCUT2D eigenvalue weighted by Gasteiger charge is 2.30. The third-order valence-electron chi connectivity index (χ3n) is 6.82. The highest BCUT2D eigenvalue weighted by Crippen LogP contribution is 2.25. The summed E-state index contributed by atoms with van der Waals surface area (Å²) >= 11 is 0. The lowest BCUT2D eigenvalue weighted by Gasteiger charge is -2.33. The maximum Gasteiger partial charge on any atom is 0.254 e. The SMILES string of the molecule is CN(Cc1cnn(Cc2ccccc2)c1)C(=O)C1CCN(C(=O)c2cccc3ccccc23)CC1. The molecule has 3 aromatic carbocycles. The van der Waals surface area contributed by atoms with Gasteiger partial charge in [-0.1, -0.05) is 66.7 Å². The Kier molecular flexibility index (Phi) is 6.62. The van der Waals surface area contributed by atoms with E-state index in [0.717, 1.165) is 21.9 Å². The first-order valence-electron chi connectivity index (χ1n) is 12.2. The quantitative estimate of drug-likeness (QED) is 0.417. The summed E-state index contributed by atoms with van der Waals surface area (Å²) in [6.45, 7) is 2.44. The second-order valence-electron chi connectivity index (χ2n) is 9.32. The standard InChI is InChI=1S/C29H30N4O2/c1-31(19-23-18-30-33(21-23)20-22-8-3-2-4-9-22)28(34)25-14-16-32(17-15-25)29(35)27-13-7-11-24-10-5-6-12-26(24)27/h2-13,18,21,25H,14-17,19-20H2,1H3. The Morgan fingerprint density at radius 1 is 0.914 bits per heavy atom. The van der Waals surface area contributed by atoms with Crippen molar-refractivity contribution in [1.82, 2.24) is 19.6 Å². The van der Waals surface area contributed by atoms with Crippen LogP contribution in [0, 0.1) is 5.92 Å². The summed E-state index contributed by atoms with van der Waals surface area (Å²) in [6.07, 6.45) is 5.21. The van der Waals surface area contributed by atoms with Crippen LogP contribution in [0.15, 0.2) is 85.2 Å². The maximum atomic E-state index is 13.2. The van der Waals surface area contributed by atoms with Crippen molar-refractivity contribution < 1.29 is 9.59 Å². The lowest BCUT2D eigenvalue weighted by Crippen LogP contribution is -2.43. The van der Waals surface area contributed by atoms with Crippen molar-refractivity contribution in [2.45, 2.75) is 25.9 Å². The van der Waals surface area contributed by atoms with Crippen molar-refractivity contribution in [3.8, 4) is 0 Å². The number of carbonyl (C=O) groups excluding carboxylic acids is 2. The van der Waals surface area contributed by atoms with Crippen LogP contribution < -0.4 is 0 Å². The average Bonchev–Trinajstić information content (AvgIpc) is 3.34. The van der Waals surface area contributed by atoms with Crippen molar-refractivity contribution in [3.63, 3.8) is 0 Å². The van der Waals surface area contributed by atoms with Gasteiger partial charge in [-0.05, 0) is 35.2 Å². The summed E-state index contributed by atoms with van der Waals surface area (Å²) in [6, 6.07) is 24.0. The number of amides is 2. The third-order valence-corrected chi connectivity index (χ3v) is 6.82. The van der Waals surface area contributed by atoms with E-state index in [1.54, 1.807) is 4.90 Å². The molecule has 1 aliphatic rings. The van der Waals surface area contributed by atoms with Gasteiger partial charge in [0, 0.05) is 49.9 Å².